The number of hydrogen-bond acceptors (Lipinski definition) is 4. The number of likely N-dealkylation sites (tertiary alicyclic amines) is 1. The van der Waals surface area contributed by atoms with Crippen LogP contribution in [0.3, 0.4) is 0 Å². The van der Waals surface area contributed by atoms with Gasteiger partial charge < -0.3 is 10.2 Å². The Bertz CT molecular complexity index is 549. The minimum atomic E-state index is 0.111. The summed E-state index contributed by atoms with van der Waals surface area (Å²) >= 11 is 1.82. The molecular weight excluding hydrogens is 298 g/mol. The molecule has 5 nitrogen and oxygen atoms in total. The topological polar surface area (TPSA) is 52.7 Å². The lowest BCUT2D eigenvalue weighted by molar-refractivity contribution is -0.130. The van der Waals surface area contributed by atoms with Gasteiger partial charge in [-0.3, -0.25) is 14.5 Å². The molecule has 120 valence electrons. The molecule has 0 atom stereocenters. The van der Waals surface area contributed by atoms with Crippen molar-refractivity contribution in [3.8, 4) is 0 Å². The van der Waals surface area contributed by atoms with Crippen molar-refractivity contribution >= 4 is 23.2 Å². The van der Waals surface area contributed by atoms with Crippen molar-refractivity contribution < 1.29 is 9.59 Å². The number of carbonyl (C=O) groups is 2. The smallest absolute Gasteiger partial charge is 0.234 e. The van der Waals surface area contributed by atoms with Crippen LogP contribution in [-0.2, 0) is 22.6 Å². The van der Waals surface area contributed by atoms with E-state index in [1.807, 2.05) is 16.2 Å². The molecule has 0 spiro atoms. The third-order valence-corrected chi connectivity index (χ3v) is 5.58. The lowest BCUT2D eigenvalue weighted by atomic mass is 10.0. The zero-order chi connectivity index (χ0) is 15.5. The molecule has 3 heterocycles. The van der Waals surface area contributed by atoms with Crippen LogP contribution in [0.2, 0.25) is 0 Å². The molecule has 0 bridgehead atoms. The zero-order valence-corrected chi connectivity index (χ0v) is 13.8. The van der Waals surface area contributed by atoms with Crippen LogP contribution >= 0.6 is 11.3 Å². The summed E-state index contributed by atoms with van der Waals surface area (Å²) in [5.41, 5.74) is 1.37. The number of carbonyl (C=O) groups excluding carboxylic acids is 2. The Morgan fingerprint density at radius 1 is 1.32 bits per heavy atom. The number of nitrogens with one attached hydrogen (secondary N) is 1. The maximum Gasteiger partial charge on any atom is 0.234 e. The van der Waals surface area contributed by atoms with E-state index in [1.165, 1.54) is 10.4 Å². The van der Waals surface area contributed by atoms with Crippen LogP contribution < -0.4 is 5.32 Å². The van der Waals surface area contributed by atoms with E-state index in [9.17, 15) is 9.59 Å². The first-order valence-corrected chi connectivity index (χ1v) is 8.82. The van der Waals surface area contributed by atoms with Crippen LogP contribution in [-0.4, -0.2) is 53.8 Å². The van der Waals surface area contributed by atoms with Gasteiger partial charge in [0.2, 0.25) is 11.8 Å². The highest BCUT2D eigenvalue weighted by molar-refractivity contribution is 7.10. The predicted octanol–water partition coefficient (Wildman–Crippen LogP) is 1.23. The number of piperidine rings is 1. The highest BCUT2D eigenvalue weighted by atomic mass is 32.1. The first kappa shape index (κ1) is 15.5. The van der Waals surface area contributed by atoms with Gasteiger partial charge >= 0.3 is 0 Å². The third-order valence-electron chi connectivity index (χ3n) is 4.56. The lowest BCUT2D eigenvalue weighted by Gasteiger charge is -2.32. The molecule has 0 unspecified atom stereocenters. The quantitative estimate of drug-likeness (QED) is 0.911. The summed E-state index contributed by atoms with van der Waals surface area (Å²) in [5, 5.41) is 5.26. The highest BCUT2D eigenvalue weighted by Gasteiger charge is 2.24. The minimum Gasteiger partial charge on any atom is -0.352 e. The maximum atomic E-state index is 12.2. The van der Waals surface area contributed by atoms with Crippen molar-refractivity contribution in [3.05, 3.63) is 21.9 Å². The Balaban J connectivity index is 1.43. The molecule has 2 amide bonds. The molecule has 2 aliphatic rings. The van der Waals surface area contributed by atoms with Crippen molar-refractivity contribution in [2.75, 3.05) is 26.2 Å². The molecule has 2 aliphatic heterocycles. The maximum absolute atomic E-state index is 12.2. The minimum absolute atomic E-state index is 0.111. The van der Waals surface area contributed by atoms with Gasteiger partial charge in [0.25, 0.3) is 0 Å². The van der Waals surface area contributed by atoms with Gasteiger partial charge in [-0.2, -0.15) is 0 Å². The predicted molar refractivity (Wildman–Crippen MR) is 86.7 cm³/mol. The Labute approximate surface area is 135 Å². The van der Waals surface area contributed by atoms with Gasteiger partial charge in [-0.25, -0.2) is 0 Å². The molecular formula is C16H23N3O2S. The first-order valence-electron chi connectivity index (χ1n) is 7.94. The summed E-state index contributed by atoms with van der Waals surface area (Å²) in [6.07, 6.45) is 2.78. The third kappa shape index (κ3) is 3.67. The van der Waals surface area contributed by atoms with E-state index in [-0.39, 0.29) is 17.9 Å². The van der Waals surface area contributed by atoms with E-state index in [4.69, 9.17) is 0 Å². The summed E-state index contributed by atoms with van der Waals surface area (Å²) in [4.78, 5) is 29.1. The Morgan fingerprint density at radius 3 is 2.82 bits per heavy atom. The molecule has 1 saturated heterocycles. The lowest BCUT2D eigenvalue weighted by Crippen LogP contribution is -2.48. The number of fused-ring (bicyclic) bond motifs is 1. The van der Waals surface area contributed by atoms with Crippen LogP contribution in [0.15, 0.2) is 11.4 Å². The standard InChI is InChI=1S/C16H23N3O2S/c1-12(20)19-7-2-14(3-8-19)17-16(21)11-18-6-4-15-13(10-18)5-9-22-15/h5,9,14H,2-4,6-8,10-11H2,1H3,(H,17,21). The van der Waals surface area contributed by atoms with Crippen molar-refractivity contribution in [1.29, 1.82) is 0 Å². The fourth-order valence-corrected chi connectivity index (χ4v) is 4.15. The van der Waals surface area contributed by atoms with Gasteiger partial charge in [0.1, 0.15) is 0 Å². The van der Waals surface area contributed by atoms with Gasteiger partial charge in [-0.05, 0) is 36.3 Å². The van der Waals surface area contributed by atoms with Crippen molar-refractivity contribution in [2.45, 2.75) is 38.8 Å². The summed E-state index contributed by atoms with van der Waals surface area (Å²) < 4.78 is 0. The molecule has 0 saturated carbocycles. The summed E-state index contributed by atoms with van der Waals surface area (Å²) in [5.74, 6) is 0.240. The second kappa shape index (κ2) is 6.79. The summed E-state index contributed by atoms with van der Waals surface area (Å²) in [6.45, 7) is 5.43. The van der Waals surface area contributed by atoms with Crippen molar-refractivity contribution in [2.24, 2.45) is 0 Å². The Hall–Kier alpha value is -1.40. The fourth-order valence-electron chi connectivity index (χ4n) is 3.26. The van der Waals surface area contributed by atoms with E-state index in [0.29, 0.717) is 6.54 Å². The van der Waals surface area contributed by atoms with E-state index >= 15 is 0 Å². The van der Waals surface area contributed by atoms with Gasteiger partial charge in [-0.15, -0.1) is 11.3 Å². The first-order chi connectivity index (χ1) is 10.6. The van der Waals surface area contributed by atoms with Gasteiger partial charge in [0, 0.05) is 44.0 Å². The van der Waals surface area contributed by atoms with Gasteiger partial charge in [0.05, 0.1) is 6.54 Å². The van der Waals surface area contributed by atoms with Crippen LogP contribution in [0.1, 0.15) is 30.2 Å². The summed E-state index contributed by atoms with van der Waals surface area (Å²) in [7, 11) is 0. The molecule has 0 aromatic carbocycles. The van der Waals surface area contributed by atoms with Crippen LogP contribution in [0.5, 0.6) is 0 Å². The monoisotopic (exact) mass is 321 g/mol. The van der Waals surface area contributed by atoms with Crippen molar-refractivity contribution in [1.82, 2.24) is 15.1 Å². The number of nitrogens with zero attached hydrogens (tertiary/aromatic N) is 2. The second-order valence-electron chi connectivity index (χ2n) is 6.18. The number of amides is 2. The molecule has 0 aliphatic carbocycles. The van der Waals surface area contributed by atoms with Gasteiger partial charge in [-0.1, -0.05) is 0 Å². The molecule has 6 heteroatoms. The zero-order valence-electron chi connectivity index (χ0n) is 13.0. The largest absolute Gasteiger partial charge is 0.352 e. The average molecular weight is 321 g/mol. The van der Waals surface area contributed by atoms with E-state index in [0.717, 1.165) is 45.4 Å². The summed E-state index contributed by atoms with van der Waals surface area (Å²) in [6, 6.07) is 2.38. The van der Waals surface area contributed by atoms with Crippen LogP contribution in [0.4, 0.5) is 0 Å². The number of hydrogen-bond donors (Lipinski definition) is 1. The van der Waals surface area contributed by atoms with Crippen LogP contribution in [0.25, 0.3) is 0 Å². The highest BCUT2D eigenvalue weighted by Crippen LogP contribution is 2.23. The second-order valence-corrected chi connectivity index (χ2v) is 7.18. The molecule has 22 heavy (non-hydrogen) atoms. The number of rotatable bonds is 3. The molecule has 1 aromatic rings. The Morgan fingerprint density at radius 2 is 2.09 bits per heavy atom. The SMILES string of the molecule is CC(=O)N1CCC(NC(=O)CN2CCc3sccc3C2)CC1. The van der Waals surface area contributed by atoms with Gasteiger partial charge in [0.15, 0.2) is 0 Å². The number of thiophene rings is 1. The van der Waals surface area contributed by atoms with Crippen LogP contribution in [0, 0.1) is 0 Å². The molecule has 1 N–H and O–H groups in total. The molecule has 1 aromatic heterocycles. The average Bonchev–Trinajstić information content (AvgIpc) is 2.95. The van der Waals surface area contributed by atoms with E-state index in [2.05, 4.69) is 21.7 Å². The van der Waals surface area contributed by atoms with E-state index in [1.54, 1.807) is 6.92 Å². The van der Waals surface area contributed by atoms with E-state index < -0.39 is 0 Å². The van der Waals surface area contributed by atoms with Crippen molar-refractivity contribution in [3.63, 3.8) is 0 Å². The molecule has 1 fully saturated rings. The molecule has 0 radical (unpaired) electrons. The normalized spacial score (nSPS) is 19.8. The molecule has 3 rings (SSSR count). The fraction of sp³-hybridized carbons (Fsp3) is 0.625. The Kier molecular flexibility index (Phi) is 4.78.